The van der Waals surface area contributed by atoms with Gasteiger partial charge >= 0.3 is 10.1 Å². The van der Waals surface area contributed by atoms with E-state index >= 15 is 0 Å². The summed E-state index contributed by atoms with van der Waals surface area (Å²) in [6.07, 6.45) is 1.01. The van der Waals surface area contributed by atoms with Gasteiger partial charge in [0.1, 0.15) is 5.75 Å². The largest absolute Gasteiger partial charge is 0.383 e. The Morgan fingerprint density at radius 2 is 1.75 bits per heavy atom. The van der Waals surface area contributed by atoms with Crippen LogP contribution in [0.1, 0.15) is 5.56 Å². The second-order valence-electron chi connectivity index (χ2n) is 2.43. The standard InChI is InChI=1S/C8H9O3S/c1-7-3-5-8(6-4-7)11-12(2,9)10/h3-6H,1H2,2H3. The van der Waals surface area contributed by atoms with Gasteiger partial charge in [0.15, 0.2) is 0 Å². The van der Waals surface area contributed by atoms with E-state index in [4.69, 9.17) is 0 Å². The van der Waals surface area contributed by atoms with Crippen molar-refractivity contribution in [2.24, 2.45) is 0 Å². The molecule has 1 rings (SSSR count). The Morgan fingerprint density at radius 3 is 2.17 bits per heavy atom. The molecule has 0 amide bonds. The van der Waals surface area contributed by atoms with Crippen molar-refractivity contribution in [3.63, 3.8) is 0 Å². The number of hydrogen-bond donors (Lipinski definition) is 0. The lowest BCUT2D eigenvalue weighted by molar-refractivity contribution is 0.493. The highest BCUT2D eigenvalue weighted by molar-refractivity contribution is 7.86. The first-order chi connectivity index (χ1) is 5.47. The van der Waals surface area contributed by atoms with Gasteiger partial charge in [0.2, 0.25) is 0 Å². The molecule has 0 fully saturated rings. The first-order valence-electron chi connectivity index (χ1n) is 3.29. The van der Waals surface area contributed by atoms with Crippen LogP contribution in [0.4, 0.5) is 0 Å². The molecule has 0 saturated carbocycles. The molecule has 0 aliphatic carbocycles. The zero-order chi connectivity index (χ0) is 9.19. The monoisotopic (exact) mass is 185 g/mol. The summed E-state index contributed by atoms with van der Waals surface area (Å²) in [4.78, 5) is 0. The topological polar surface area (TPSA) is 43.4 Å². The maximum atomic E-state index is 10.6. The molecule has 0 saturated heterocycles. The molecule has 65 valence electrons. The lowest BCUT2D eigenvalue weighted by Gasteiger charge is -2.01. The van der Waals surface area contributed by atoms with Crippen molar-refractivity contribution in [2.75, 3.05) is 6.26 Å². The molecule has 4 heteroatoms. The molecule has 1 aromatic rings. The van der Waals surface area contributed by atoms with Crippen molar-refractivity contribution in [1.82, 2.24) is 0 Å². The summed E-state index contributed by atoms with van der Waals surface area (Å²) < 4.78 is 25.9. The van der Waals surface area contributed by atoms with Gasteiger partial charge in [-0.25, -0.2) is 0 Å². The van der Waals surface area contributed by atoms with Gasteiger partial charge in [-0.2, -0.15) is 8.42 Å². The first kappa shape index (κ1) is 9.06. The van der Waals surface area contributed by atoms with Gasteiger partial charge < -0.3 is 4.18 Å². The molecule has 1 radical (unpaired) electrons. The molecule has 0 bridgehead atoms. The van der Waals surface area contributed by atoms with Crippen LogP contribution < -0.4 is 4.18 Å². The highest BCUT2D eigenvalue weighted by Crippen LogP contribution is 2.12. The smallest absolute Gasteiger partial charge is 0.306 e. The Kier molecular flexibility index (Phi) is 2.38. The van der Waals surface area contributed by atoms with Crippen LogP contribution in [-0.2, 0) is 10.1 Å². The van der Waals surface area contributed by atoms with Gasteiger partial charge in [0.05, 0.1) is 6.26 Å². The molecular weight excluding hydrogens is 176 g/mol. The molecule has 12 heavy (non-hydrogen) atoms. The van der Waals surface area contributed by atoms with Crippen molar-refractivity contribution in [3.05, 3.63) is 36.8 Å². The minimum Gasteiger partial charge on any atom is -0.383 e. The van der Waals surface area contributed by atoms with E-state index in [2.05, 4.69) is 11.1 Å². The number of hydrogen-bond acceptors (Lipinski definition) is 3. The molecular formula is C8H9O3S. The molecule has 0 aliphatic heterocycles. The fourth-order valence-electron chi connectivity index (χ4n) is 0.720. The van der Waals surface area contributed by atoms with E-state index in [1.165, 1.54) is 0 Å². The first-order valence-corrected chi connectivity index (χ1v) is 5.10. The Labute approximate surface area is 72.1 Å². The molecule has 0 heterocycles. The van der Waals surface area contributed by atoms with E-state index in [1.54, 1.807) is 24.3 Å². The predicted octanol–water partition coefficient (Wildman–Crippen LogP) is 1.21. The lowest BCUT2D eigenvalue weighted by atomic mass is 10.2. The van der Waals surface area contributed by atoms with Gasteiger partial charge in [-0.3, -0.25) is 0 Å². The summed E-state index contributed by atoms with van der Waals surface area (Å²) in [5, 5.41) is 0. The second-order valence-corrected chi connectivity index (χ2v) is 4.01. The molecule has 1 aromatic carbocycles. The second kappa shape index (κ2) is 3.15. The summed E-state index contributed by atoms with van der Waals surface area (Å²) in [5.74, 6) is 0.310. The Balaban J connectivity index is 2.85. The molecule has 3 nitrogen and oxygen atoms in total. The summed E-state index contributed by atoms with van der Waals surface area (Å²) in [6.45, 7) is 3.65. The van der Waals surface area contributed by atoms with Gasteiger partial charge in [0.25, 0.3) is 0 Å². The van der Waals surface area contributed by atoms with Gasteiger partial charge in [0, 0.05) is 0 Å². The van der Waals surface area contributed by atoms with E-state index in [0.29, 0.717) is 5.75 Å². The third-order valence-electron chi connectivity index (χ3n) is 1.17. The van der Waals surface area contributed by atoms with Crippen LogP contribution in [0.3, 0.4) is 0 Å². The Hall–Kier alpha value is -1.03. The average Bonchev–Trinajstić information content (AvgIpc) is 1.91. The molecule has 0 spiro atoms. The summed E-state index contributed by atoms with van der Waals surface area (Å²) in [5.41, 5.74) is 0.816. The Bertz CT molecular complexity index is 350. The number of rotatable bonds is 2. The minimum absolute atomic E-state index is 0.310. The Morgan fingerprint density at radius 1 is 1.25 bits per heavy atom. The van der Waals surface area contributed by atoms with Crippen molar-refractivity contribution < 1.29 is 12.6 Å². The lowest BCUT2D eigenvalue weighted by Crippen LogP contribution is -2.05. The van der Waals surface area contributed by atoms with Gasteiger partial charge in [-0.15, -0.1) is 0 Å². The minimum atomic E-state index is -3.41. The van der Waals surface area contributed by atoms with Crippen LogP contribution in [0.25, 0.3) is 0 Å². The van der Waals surface area contributed by atoms with Crippen LogP contribution in [0.15, 0.2) is 24.3 Å². The maximum absolute atomic E-state index is 10.6. The van der Waals surface area contributed by atoms with Crippen molar-refractivity contribution in [3.8, 4) is 5.75 Å². The fraction of sp³-hybridized carbons (Fsp3) is 0.125. The molecule has 0 aliphatic rings. The summed E-state index contributed by atoms with van der Waals surface area (Å²) >= 11 is 0. The maximum Gasteiger partial charge on any atom is 0.306 e. The highest BCUT2D eigenvalue weighted by Gasteiger charge is 2.02. The van der Waals surface area contributed by atoms with Crippen LogP contribution in [0.5, 0.6) is 5.75 Å². The van der Waals surface area contributed by atoms with E-state index in [1.807, 2.05) is 0 Å². The van der Waals surface area contributed by atoms with Gasteiger partial charge in [-0.1, -0.05) is 12.1 Å². The zero-order valence-corrected chi connectivity index (χ0v) is 7.47. The SMILES string of the molecule is [CH2]c1ccc(OS(C)(=O)=O)cc1. The third-order valence-corrected chi connectivity index (χ3v) is 1.67. The van der Waals surface area contributed by atoms with Crippen LogP contribution in [0.2, 0.25) is 0 Å². The predicted molar refractivity (Wildman–Crippen MR) is 46.4 cm³/mol. The van der Waals surface area contributed by atoms with E-state index in [9.17, 15) is 8.42 Å². The van der Waals surface area contributed by atoms with Crippen LogP contribution >= 0.6 is 0 Å². The summed E-state index contributed by atoms with van der Waals surface area (Å²) in [7, 11) is -3.41. The van der Waals surface area contributed by atoms with Crippen molar-refractivity contribution >= 4 is 10.1 Å². The van der Waals surface area contributed by atoms with Crippen molar-refractivity contribution in [2.45, 2.75) is 0 Å². The van der Waals surface area contributed by atoms with E-state index in [0.717, 1.165) is 11.8 Å². The summed E-state index contributed by atoms with van der Waals surface area (Å²) in [6, 6.07) is 6.48. The fourth-order valence-corrected chi connectivity index (χ4v) is 1.18. The average molecular weight is 185 g/mol. The quantitative estimate of drug-likeness (QED) is 0.650. The zero-order valence-electron chi connectivity index (χ0n) is 6.65. The van der Waals surface area contributed by atoms with Crippen LogP contribution in [0, 0.1) is 6.92 Å². The number of benzene rings is 1. The molecule has 0 N–H and O–H groups in total. The van der Waals surface area contributed by atoms with Crippen molar-refractivity contribution in [1.29, 1.82) is 0 Å². The third kappa shape index (κ3) is 2.92. The molecule has 0 atom stereocenters. The highest BCUT2D eigenvalue weighted by atomic mass is 32.2. The molecule has 0 unspecified atom stereocenters. The van der Waals surface area contributed by atoms with E-state index < -0.39 is 10.1 Å². The molecule has 0 aromatic heterocycles. The normalized spacial score (nSPS) is 11.2. The van der Waals surface area contributed by atoms with E-state index in [-0.39, 0.29) is 0 Å². The van der Waals surface area contributed by atoms with Gasteiger partial charge in [-0.05, 0) is 24.6 Å². The van der Waals surface area contributed by atoms with Crippen LogP contribution in [-0.4, -0.2) is 14.7 Å².